The van der Waals surface area contributed by atoms with Crippen molar-refractivity contribution in [3.63, 3.8) is 0 Å². The minimum Gasteiger partial charge on any atom is -0.472 e. The summed E-state index contributed by atoms with van der Waals surface area (Å²) < 4.78 is 5.45. The summed E-state index contributed by atoms with van der Waals surface area (Å²) in [5.41, 5.74) is 2.03. The second kappa shape index (κ2) is 4.71. The fourth-order valence-corrected chi connectivity index (χ4v) is 1.55. The van der Waals surface area contributed by atoms with Gasteiger partial charge in [-0.2, -0.15) is 5.26 Å². The molecule has 0 atom stereocenters. The Morgan fingerprint density at radius 2 is 2.12 bits per heavy atom. The summed E-state index contributed by atoms with van der Waals surface area (Å²) in [6, 6.07) is 9.68. The highest BCUT2D eigenvalue weighted by Gasteiger charge is 2.19. The molecule has 1 aromatic rings. The molecule has 17 heavy (non-hydrogen) atoms. The molecule has 0 spiro atoms. The highest BCUT2D eigenvalue weighted by Crippen LogP contribution is 2.20. The van der Waals surface area contributed by atoms with Crippen LogP contribution in [-0.2, 0) is 9.53 Å². The Labute approximate surface area is 99.7 Å². The second-order valence-corrected chi connectivity index (χ2v) is 3.84. The Morgan fingerprint density at radius 1 is 1.41 bits per heavy atom. The van der Waals surface area contributed by atoms with Crippen molar-refractivity contribution in [3.05, 3.63) is 41.5 Å². The maximum atomic E-state index is 11.7. The van der Waals surface area contributed by atoms with E-state index in [1.54, 1.807) is 0 Å². The van der Waals surface area contributed by atoms with Gasteiger partial charge in [0.2, 0.25) is 0 Å². The third kappa shape index (κ3) is 2.45. The number of carbonyl (C=O) groups is 1. The molecular formula is C13H12N2O2. The minimum atomic E-state index is -0.187. The van der Waals surface area contributed by atoms with Crippen LogP contribution in [0.1, 0.15) is 11.1 Å². The van der Waals surface area contributed by atoms with Crippen molar-refractivity contribution in [2.75, 3.05) is 13.3 Å². The number of hydrogen-bond donors (Lipinski definition) is 0. The molecule has 0 aliphatic carbocycles. The predicted octanol–water partition coefficient (Wildman–Crippen LogP) is 1.68. The molecule has 1 heterocycles. The van der Waals surface area contributed by atoms with Gasteiger partial charge in [0.1, 0.15) is 12.3 Å². The first-order valence-electron chi connectivity index (χ1n) is 5.28. The lowest BCUT2D eigenvalue weighted by Gasteiger charge is -2.24. The van der Waals surface area contributed by atoms with Gasteiger partial charge >= 0.3 is 0 Å². The van der Waals surface area contributed by atoms with Crippen LogP contribution in [-0.4, -0.2) is 24.1 Å². The van der Waals surface area contributed by atoms with Crippen LogP contribution in [0.4, 0.5) is 0 Å². The van der Waals surface area contributed by atoms with Gasteiger partial charge in [0, 0.05) is 11.6 Å². The predicted molar refractivity (Wildman–Crippen MR) is 62.4 cm³/mol. The molecule has 0 aromatic heterocycles. The van der Waals surface area contributed by atoms with Crippen molar-refractivity contribution in [1.29, 1.82) is 5.26 Å². The number of carbonyl (C=O) groups excluding carboxylic acids is 1. The second-order valence-electron chi connectivity index (χ2n) is 3.84. The molecule has 4 nitrogen and oxygen atoms in total. The zero-order chi connectivity index (χ0) is 12.3. The first-order chi connectivity index (χ1) is 8.20. The van der Waals surface area contributed by atoms with Crippen LogP contribution in [0.3, 0.4) is 0 Å². The Kier molecular flexibility index (Phi) is 3.10. The van der Waals surface area contributed by atoms with Gasteiger partial charge in [-0.1, -0.05) is 29.8 Å². The molecule has 0 bridgehead atoms. The summed E-state index contributed by atoms with van der Waals surface area (Å²) in [5.74, 6) is 0.373. The van der Waals surface area contributed by atoms with Gasteiger partial charge in [-0.05, 0) is 6.92 Å². The van der Waals surface area contributed by atoms with Crippen molar-refractivity contribution in [2.24, 2.45) is 0 Å². The van der Waals surface area contributed by atoms with E-state index >= 15 is 0 Å². The summed E-state index contributed by atoms with van der Waals surface area (Å²) in [6.45, 7) is 2.18. The Bertz CT molecular complexity index is 497. The largest absolute Gasteiger partial charge is 0.472 e. The van der Waals surface area contributed by atoms with Gasteiger partial charge in [-0.25, -0.2) is 0 Å². The van der Waals surface area contributed by atoms with E-state index in [0.717, 1.165) is 11.1 Å². The first kappa shape index (κ1) is 11.2. The molecular weight excluding hydrogens is 216 g/mol. The lowest BCUT2D eigenvalue weighted by atomic mass is 10.1. The molecule has 86 valence electrons. The number of rotatable bonds is 2. The normalized spacial score (nSPS) is 14.9. The number of hydrogen-bond acceptors (Lipinski definition) is 3. The molecule has 0 fully saturated rings. The Morgan fingerprint density at radius 3 is 2.71 bits per heavy atom. The molecule has 0 saturated heterocycles. The van der Waals surface area contributed by atoms with E-state index < -0.39 is 0 Å². The molecule has 1 aliphatic rings. The standard InChI is InChI=1S/C13H12N2O2/c1-10-2-4-11(5-3-10)12-8-13(16)15(7-6-14)9-17-12/h2-5,8H,7,9H2,1H3. The molecule has 1 aliphatic heterocycles. The van der Waals surface area contributed by atoms with Gasteiger partial charge in [-0.15, -0.1) is 0 Å². The fourth-order valence-electron chi connectivity index (χ4n) is 1.55. The molecule has 0 saturated carbocycles. The Hall–Kier alpha value is -2.28. The number of benzene rings is 1. The summed E-state index contributed by atoms with van der Waals surface area (Å²) in [4.78, 5) is 13.0. The van der Waals surface area contributed by atoms with Gasteiger partial charge in [0.25, 0.3) is 5.91 Å². The van der Waals surface area contributed by atoms with Crippen LogP contribution >= 0.6 is 0 Å². The summed E-state index contributed by atoms with van der Waals surface area (Å²) in [5, 5.41) is 8.53. The van der Waals surface area contributed by atoms with E-state index in [0.29, 0.717) is 5.76 Å². The van der Waals surface area contributed by atoms with Crippen LogP contribution < -0.4 is 0 Å². The van der Waals surface area contributed by atoms with Crippen LogP contribution in [0.25, 0.3) is 5.76 Å². The average Bonchev–Trinajstić information content (AvgIpc) is 2.33. The third-order valence-corrected chi connectivity index (χ3v) is 2.54. The molecule has 2 rings (SSSR count). The number of aryl methyl sites for hydroxylation is 1. The van der Waals surface area contributed by atoms with Crippen molar-refractivity contribution < 1.29 is 9.53 Å². The topological polar surface area (TPSA) is 53.3 Å². The molecule has 0 N–H and O–H groups in total. The summed E-state index contributed by atoms with van der Waals surface area (Å²) in [6.07, 6.45) is 1.42. The molecule has 1 aromatic carbocycles. The van der Waals surface area contributed by atoms with Gasteiger partial charge in [0.15, 0.2) is 6.73 Å². The lowest BCUT2D eigenvalue weighted by Crippen LogP contribution is -2.35. The minimum absolute atomic E-state index is 0.0521. The van der Waals surface area contributed by atoms with Crippen molar-refractivity contribution >= 4 is 11.7 Å². The maximum Gasteiger partial charge on any atom is 0.253 e. The van der Waals surface area contributed by atoms with Crippen LogP contribution in [0.2, 0.25) is 0 Å². The third-order valence-electron chi connectivity index (χ3n) is 2.54. The van der Waals surface area contributed by atoms with E-state index in [9.17, 15) is 4.79 Å². The summed E-state index contributed by atoms with van der Waals surface area (Å²) >= 11 is 0. The van der Waals surface area contributed by atoms with Crippen molar-refractivity contribution in [2.45, 2.75) is 6.92 Å². The Balaban J connectivity index is 2.20. The number of amides is 1. The zero-order valence-corrected chi connectivity index (χ0v) is 9.51. The quantitative estimate of drug-likeness (QED) is 0.723. The van der Waals surface area contributed by atoms with E-state index in [1.165, 1.54) is 11.0 Å². The van der Waals surface area contributed by atoms with Crippen LogP contribution in [0.5, 0.6) is 0 Å². The van der Waals surface area contributed by atoms with Crippen LogP contribution in [0, 0.1) is 18.3 Å². The maximum absolute atomic E-state index is 11.7. The van der Waals surface area contributed by atoms with Crippen LogP contribution in [0.15, 0.2) is 30.3 Å². The monoisotopic (exact) mass is 228 g/mol. The molecule has 1 amide bonds. The fraction of sp³-hybridized carbons (Fsp3) is 0.231. The number of nitriles is 1. The molecule has 4 heteroatoms. The average molecular weight is 228 g/mol. The SMILES string of the molecule is Cc1ccc(C2=CC(=O)N(CC#N)CO2)cc1. The van der Waals surface area contributed by atoms with E-state index in [-0.39, 0.29) is 19.2 Å². The first-order valence-corrected chi connectivity index (χ1v) is 5.28. The molecule has 0 radical (unpaired) electrons. The van der Waals surface area contributed by atoms with E-state index in [4.69, 9.17) is 10.00 Å². The number of nitrogens with zero attached hydrogens (tertiary/aromatic N) is 2. The summed E-state index contributed by atoms with van der Waals surface area (Å²) in [7, 11) is 0. The van der Waals surface area contributed by atoms with Gasteiger partial charge < -0.3 is 4.74 Å². The van der Waals surface area contributed by atoms with E-state index in [1.807, 2.05) is 37.3 Å². The highest BCUT2D eigenvalue weighted by molar-refractivity contribution is 5.95. The number of ether oxygens (including phenoxy) is 1. The van der Waals surface area contributed by atoms with Crippen molar-refractivity contribution in [1.82, 2.24) is 4.90 Å². The lowest BCUT2D eigenvalue weighted by molar-refractivity contribution is -0.130. The highest BCUT2D eigenvalue weighted by atomic mass is 16.5. The van der Waals surface area contributed by atoms with Gasteiger partial charge in [-0.3, -0.25) is 9.69 Å². The van der Waals surface area contributed by atoms with E-state index in [2.05, 4.69) is 0 Å². The molecule has 0 unspecified atom stereocenters. The van der Waals surface area contributed by atoms with Gasteiger partial charge in [0.05, 0.1) is 6.07 Å². The smallest absolute Gasteiger partial charge is 0.253 e. The zero-order valence-electron chi connectivity index (χ0n) is 9.51. The van der Waals surface area contributed by atoms with Crippen molar-refractivity contribution in [3.8, 4) is 6.07 Å².